The Morgan fingerprint density at radius 1 is 0.812 bits per heavy atom. The largest absolute Gasteiger partial charge is 0.493 e. The summed E-state index contributed by atoms with van der Waals surface area (Å²) in [6, 6.07) is 16.9. The minimum Gasteiger partial charge on any atom is -0.493 e. The Morgan fingerprint density at radius 3 is 1.91 bits per heavy atom. The van der Waals surface area contributed by atoms with Crippen LogP contribution in [0.3, 0.4) is 0 Å². The number of rotatable bonds is 10. The predicted molar refractivity (Wildman–Crippen MR) is 119 cm³/mol. The summed E-state index contributed by atoms with van der Waals surface area (Å²) >= 11 is 0. The number of benzene rings is 3. The second kappa shape index (κ2) is 11.0. The van der Waals surface area contributed by atoms with E-state index in [-0.39, 0.29) is 11.7 Å². The summed E-state index contributed by atoms with van der Waals surface area (Å²) in [5.41, 5.74) is 1.86. The van der Waals surface area contributed by atoms with E-state index >= 15 is 0 Å². The molecule has 1 amide bonds. The summed E-state index contributed by atoms with van der Waals surface area (Å²) in [5, 5.41) is 2.92. The van der Waals surface area contributed by atoms with Crippen molar-refractivity contribution >= 4 is 5.91 Å². The molecule has 0 spiro atoms. The first-order valence-electron chi connectivity index (χ1n) is 10.1. The summed E-state index contributed by atoms with van der Waals surface area (Å²) in [6.45, 7) is 0.408. The molecule has 0 unspecified atom stereocenters. The zero-order valence-corrected chi connectivity index (χ0v) is 18.3. The maximum atomic E-state index is 13.0. The van der Waals surface area contributed by atoms with Crippen molar-refractivity contribution in [1.82, 2.24) is 5.32 Å². The number of carbonyl (C=O) groups excluding carboxylic acids is 1. The van der Waals surface area contributed by atoms with Gasteiger partial charge in [0, 0.05) is 13.0 Å². The van der Waals surface area contributed by atoms with Gasteiger partial charge in [0.05, 0.1) is 21.3 Å². The summed E-state index contributed by atoms with van der Waals surface area (Å²) in [4.78, 5) is 12.3. The molecule has 0 fully saturated rings. The normalized spacial score (nSPS) is 10.4. The van der Waals surface area contributed by atoms with Gasteiger partial charge in [-0.2, -0.15) is 0 Å². The number of hydrogen-bond donors (Lipinski definition) is 1. The van der Waals surface area contributed by atoms with Crippen LogP contribution >= 0.6 is 0 Å². The molecule has 6 nitrogen and oxygen atoms in total. The van der Waals surface area contributed by atoms with Crippen LogP contribution in [-0.2, 0) is 17.8 Å². The maximum Gasteiger partial charge on any atom is 0.220 e. The zero-order chi connectivity index (χ0) is 22.9. The first kappa shape index (κ1) is 22.9. The van der Waals surface area contributed by atoms with Crippen LogP contribution in [0.1, 0.15) is 17.5 Å². The van der Waals surface area contributed by atoms with E-state index in [2.05, 4.69) is 5.32 Å². The Balaban J connectivity index is 1.50. The number of hydrogen-bond acceptors (Lipinski definition) is 5. The number of aryl methyl sites for hydroxylation is 1. The van der Waals surface area contributed by atoms with Gasteiger partial charge in [-0.05, 0) is 66.1 Å². The van der Waals surface area contributed by atoms with Gasteiger partial charge in [-0.3, -0.25) is 4.79 Å². The number of ether oxygens (including phenoxy) is 4. The average molecular weight is 439 g/mol. The van der Waals surface area contributed by atoms with Gasteiger partial charge in [0.1, 0.15) is 17.3 Å². The molecule has 0 aliphatic heterocycles. The Hall–Kier alpha value is -3.74. The van der Waals surface area contributed by atoms with Crippen molar-refractivity contribution in [1.29, 1.82) is 0 Å². The number of methoxy groups -OCH3 is 3. The second-order valence-electron chi connectivity index (χ2n) is 7.01. The van der Waals surface area contributed by atoms with E-state index < -0.39 is 0 Å². The van der Waals surface area contributed by atoms with Crippen LogP contribution < -0.4 is 24.3 Å². The van der Waals surface area contributed by atoms with Gasteiger partial charge in [-0.25, -0.2) is 4.39 Å². The van der Waals surface area contributed by atoms with Gasteiger partial charge in [0.15, 0.2) is 11.5 Å². The van der Waals surface area contributed by atoms with Crippen LogP contribution in [-0.4, -0.2) is 27.2 Å². The molecular formula is C25H26FNO5. The molecule has 0 heterocycles. The van der Waals surface area contributed by atoms with Crippen molar-refractivity contribution in [3.63, 3.8) is 0 Å². The highest BCUT2D eigenvalue weighted by molar-refractivity contribution is 5.76. The highest BCUT2D eigenvalue weighted by Gasteiger charge is 2.14. The third-order valence-electron chi connectivity index (χ3n) is 4.83. The summed E-state index contributed by atoms with van der Waals surface area (Å²) in [5.74, 6) is 2.46. The first-order chi connectivity index (χ1) is 15.5. The number of carbonyl (C=O) groups is 1. The van der Waals surface area contributed by atoms with E-state index in [1.165, 1.54) is 12.1 Å². The zero-order valence-electron chi connectivity index (χ0n) is 18.3. The lowest BCUT2D eigenvalue weighted by atomic mass is 10.1. The van der Waals surface area contributed by atoms with E-state index in [0.717, 1.165) is 11.1 Å². The van der Waals surface area contributed by atoms with Crippen LogP contribution in [0, 0.1) is 5.82 Å². The Morgan fingerprint density at radius 2 is 1.38 bits per heavy atom. The van der Waals surface area contributed by atoms with Gasteiger partial charge < -0.3 is 24.3 Å². The first-order valence-corrected chi connectivity index (χ1v) is 10.1. The van der Waals surface area contributed by atoms with Gasteiger partial charge in [-0.15, -0.1) is 0 Å². The van der Waals surface area contributed by atoms with E-state index in [1.54, 1.807) is 45.6 Å². The Bertz CT molecular complexity index is 1010. The average Bonchev–Trinajstić information content (AvgIpc) is 2.82. The smallest absolute Gasteiger partial charge is 0.220 e. The van der Waals surface area contributed by atoms with E-state index in [9.17, 15) is 9.18 Å². The SMILES string of the molecule is COc1cc(CCC(=O)NCc2ccc(Oc3ccc(F)cc3)cc2)cc(OC)c1OC. The Labute approximate surface area is 186 Å². The lowest BCUT2D eigenvalue weighted by molar-refractivity contribution is -0.121. The number of amides is 1. The molecule has 0 aromatic heterocycles. The van der Waals surface area contributed by atoms with E-state index in [4.69, 9.17) is 18.9 Å². The number of nitrogens with one attached hydrogen (secondary N) is 1. The van der Waals surface area contributed by atoms with Gasteiger partial charge in [0.25, 0.3) is 0 Å². The van der Waals surface area contributed by atoms with Crippen LogP contribution in [0.2, 0.25) is 0 Å². The summed E-state index contributed by atoms with van der Waals surface area (Å²) < 4.78 is 34.7. The molecule has 3 rings (SSSR count). The van der Waals surface area contributed by atoms with Gasteiger partial charge >= 0.3 is 0 Å². The lowest BCUT2D eigenvalue weighted by Gasteiger charge is -2.14. The highest BCUT2D eigenvalue weighted by atomic mass is 19.1. The molecule has 0 saturated carbocycles. The third-order valence-corrected chi connectivity index (χ3v) is 4.83. The molecule has 0 atom stereocenters. The second-order valence-corrected chi connectivity index (χ2v) is 7.01. The molecule has 7 heteroatoms. The fraction of sp³-hybridized carbons (Fsp3) is 0.240. The molecule has 0 radical (unpaired) electrons. The minimum absolute atomic E-state index is 0.0645. The molecule has 3 aromatic rings. The molecule has 3 aromatic carbocycles. The predicted octanol–water partition coefficient (Wildman–Crippen LogP) is 4.89. The van der Waals surface area contributed by atoms with Crippen molar-refractivity contribution in [2.24, 2.45) is 0 Å². The highest BCUT2D eigenvalue weighted by Crippen LogP contribution is 2.38. The number of halogens is 1. The van der Waals surface area contributed by atoms with Crippen LogP contribution in [0.25, 0.3) is 0 Å². The van der Waals surface area contributed by atoms with Crippen LogP contribution in [0.15, 0.2) is 60.7 Å². The van der Waals surface area contributed by atoms with Crippen molar-refractivity contribution in [3.05, 3.63) is 77.6 Å². The fourth-order valence-corrected chi connectivity index (χ4v) is 3.14. The van der Waals surface area contributed by atoms with Gasteiger partial charge in [-0.1, -0.05) is 12.1 Å². The molecule has 1 N–H and O–H groups in total. The molecule has 32 heavy (non-hydrogen) atoms. The Kier molecular flexibility index (Phi) is 7.91. The van der Waals surface area contributed by atoms with Crippen LogP contribution in [0.4, 0.5) is 4.39 Å². The monoisotopic (exact) mass is 439 g/mol. The molecule has 168 valence electrons. The van der Waals surface area contributed by atoms with Crippen molar-refractivity contribution in [3.8, 4) is 28.7 Å². The van der Waals surface area contributed by atoms with E-state index in [1.807, 2.05) is 24.3 Å². The molecule has 0 aliphatic rings. The lowest BCUT2D eigenvalue weighted by Crippen LogP contribution is -2.23. The summed E-state index contributed by atoms with van der Waals surface area (Å²) in [7, 11) is 4.67. The molecule has 0 bridgehead atoms. The van der Waals surface area contributed by atoms with Gasteiger partial charge in [0.2, 0.25) is 11.7 Å². The van der Waals surface area contributed by atoms with Crippen LogP contribution in [0.5, 0.6) is 28.7 Å². The molecule has 0 aliphatic carbocycles. The van der Waals surface area contributed by atoms with Crippen molar-refractivity contribution in [2.45, 2.75) is 19.4 Å². The molecule has 0 saturated heterocycles. The minimum atomic E-state index is -0.311. The maximum absolute atomic E-state index is 13.0. The summed E-state index contributed by atoms with van der Waals surface area (Å²) in [6.07, 6.45) is 0.859. The van der Waals surface area contributed by atoms with E-state index in [0.29, 0.717) is 48.1 Å². The third kappa shape index (κ3) is 6.14. The fourth-order valence-electron chi connectivity index (χ4n) is 3.14. The quantitative estimate of drug-likeness (QED) is 0.487. The van der Waals surface area contributed by atoms with Crippen molar-refractivity contribution < 1.29 is 28.1 Å². The standard InChI is InChI=1S/C25H26FNO5/c1-29-22-14-18(15-23(30-2)25(22)31-3)6-13-24(28)27-16-17-4-9-20(10-5-17)32-21-11-7-19(26)8-12-21/h4-5,7-12,14-15H,6,13,16H2,1-3H3,(H,27,28). The van der Waals surface area contributed by atoms with Crippen molar-refractivity contribution in [2.75, 3.05) is 21.3 Å². The topological polar surface area (TPSA) is 66.0 Å². The molecular weight excluding hydrogens is 413 g/mol.